The molecule has 0 aliphatic heterocycles. The van der Waals surface area contributed by atoms with Gasteiger partial charge in [-0.05, 0) is 23.6 Å². The molecular weight excluding hydrogens is 274 g/mol. The molecule has 0 fully saturated rings. The second kappa shape index (κ2) is 5.03. The lowest BCUT2D eigenvalue weighted by atomic mass is 10.1. The SMILES string of the molecule is N=C(N)c1cc2ccccc2nc1Sc1cccs1. The molecule has 0 saturated carbocycles. The number of amidine groups is 1. The predicted octanol–water partition coefficient (Wildman–Crippen LogP) is 3.73. The molecule has 0 aliphatic rings. The second-order valence-corrected chi connectivity index (χ2v) is 6.22. The molecule has 0 saturated heterocycles. The maximum Gasteiger partial charge on any atom is 0.125 e. The zero-order valence-electron chi connectivity index (χ0n) is 9.96. The number of nitrogens with zero attached hydrogens (tertiary/aromatic N) is 1. The normalized spacial score (nSPS) is 10.7. The fraction of sp³-hybridized carbons (Fsp3) is 0. The smallest absolute Gasteiger partial charge is 0.125 e. The summed E-state index contributed by atoms with van der Waals surface area (Å²) in [5.41, 5.74) is 7.28. The minimum Gasteiger partial charge on any atom is -0.384 e. The van der Waals surface area contributed by atoms with E-state index < -0.39 is 0 Å². The van der Waals surface area contributed by atoms with Crippen LogP contribution in [-0.4, -0.2) is 10.8 Å². The molecule has 0 bridgehead atoms. The van der Waals surface area contributed by atoms with Gasteiger partial charge in [-0.15, -0.1) is 11.3 Å². The van der Waals surface area contributed by atoms with E-state index in [2.05, 4.69) is 4.98 Å². The quantitative estimate of drug-likeness (QED) is 0.569. The number of nitrogens with two attached hydrogens (primary N) is 1. The molecule has 2 heterocycles. The summed E-state index contributed by atoms with van der Waals surface area (Å²) in [5, 5.41) is 11.5. The Balaban J connectivity index is 2.15. The van der Waals surface area contributed by atoms with E-state index in [-0.39, 0.29) is 5.84 Å². The Morgan fingerprint density at radius 1 is 1.21 bits per heavy atom. The van der Waals surface area contributed by atoms with Gasteiger partial charge in [0.15, 0.2) is 0 Å². The third kappa shape index (κ3) is 2.47. The van der Waals surface area contributed by atoms with Gasteiger partial charge >= 0.3 is 0 Å². The zero-order chi connectivity index (χ0) is 13.2. The molecule has 0 aliphatic carbocycles. The number of benzene rings is 1. The molecule has 0 radical (unpaired) electrons. The lowest BCUT2D eigenvalue weighted by molar-refractivity contribution is 1.16. The molecule has 2 aromatic heterocycles. The van der Waals surface area contributed by atoms with Gasteiger partial charge in [0.05, 0.1) is 9.73 Å². The van der Waals surface area contributed by atoms with Crippen LogP contribution in [-0.2, 0) is 0 Å². The van der Waals surface area contributed by atoms with Crippen molar-refractivity contribution in [3.05, 3.63) is 53.4 Å². The molecule has 0 unspecified atom stereocenters. The number of aromatic nitrogens is 1. The molecule has 94 valence electrons. The third-order valence-corrected chi connectivity index (χ3v) is 4.71. The molecule has 5 heteroatoms. The minimum absolute atomic E-state index is 0.0531. The van der Waals surface area contributed by atoms with E-state index in [0.29, 0.717) is 5.56 Å². The first-order valence-electron chi connectivity index (χ1n) is 5.69. The van der Waals surface area contributed by atoms with Crippen LogP contribution in [0.1, 0.15) is 5.56 Å². The van der Waals surface area contributed by atoms with E-state index in [9.17, 15) is 0 Å². The highest BCUT2D eigenvalue weighted by Crippen LogP contribution is 2.33. The maximum absolute atomic E-state index is 7.71. The van der Waals surface area contributed by atoms with Crippen LogP contribution in [0.4, 0.5) is 0 Å². The van der Waals surface area contributed by atoms with Crippen molar-refractivity contribution in [1.82, 2.24) is 4.98 Å². The number of pyridine rings is 1. The standard InChI is InChI=1S/C14H11N3S2/c15-13(16)10-8-9-4-1-2-5-11(9)17-14(10)19-12-6-3-7-18-12/h1-8H,(H3,15,16). The van der Waals surface area contributed by atoms with E-state index in [4.69, 9.17) is 11.1 Å². The van der Waals surface area contributed by atoms with Crippen LogP contribution in [0.3, 0.4) is 0 Å². The highest BCUT2D eigenvalue weighted by molar-refractivity contribution is 8.01. The highest BCUT2D eigenvalue weighted by Gasteiger charge is 2.11. The average molecular weight is 285 g/mol. The molecule has 3 N–H and O–H groups in total. The van der Waals surface area contributed by atoms with Crippen LogP contribution in [0.5, 0.6) is 0 Å². The van der Waals surface area contributed by atoms with Crippen molar-refractivity contribution in [2.45, 2.75) is 9.24 Å². The first kappa shape index (κ1) is 12.2. The summed E-state index contributed by atoms with van der Waals surface area (Å²) in [6.07, 6.45) is 0. The lowest BCUT2D eigenvalue weighted by Gasteiger charge is -2.08. The zero-order valence-corrected chi connectivity index (χ0v) is 11.6. The number of para-hydroxylation sites is 1. The summed E-state index contributed by atoms with van der Waals surface area (Å²) < 4.78 is 1.14. The Labute approximate surface area is 119 Å². The van der Waals surface area contributed by atoms with E-state index in [1.165, 1.54) is 0 Å². The minimum atomic E-state index is 0.0531. The van der Waals surface area contributed by atoms with E-state index >= 15 is 0 Å². The fourth-order valence-corrected chi connectivity index (χ4v) is 3.59. The van der Waals surface area contributed by atoms with E-state index in [1.54, 1.807) is 23.1 Å². The molecule has 19 heavy (non-hydrogen) atoms. The van der Waals surface area contributed by atoms with Crippen LogP contribution in [0.15, 0.2) is 57.1 Å². The van der Waals surface area contributed by atoms with Crippen molar-refractivity contribution in [3.8, 4) is 0 Å². The summed E-state index contributed by atoms with van der Waals surface area (Å²) in [6.45, 7) is 0. The van der Waals surface area contributed by atoms with Gasteiger partial charge < -0.3 is 5.73 Å². The predicted molar refractivity (Wildman–Crippen MR) is 81.2 cm³/mol. The Morgan fingerprint density at radius 2 is 2.05 bits per heavy atom. The van der Waals surface area contributed by atoms with Crippen molar-refractivity contribution >= 4 is 39.8 Å². The van der Waals surface area contributed by atoms with Crippen molar-refractivity contribution < 1.29 is 0 Å². The van der Waals surface area contributed by atoms with Crippen LogP contribution < -0.4 is 5.73 Å². The van der Waals surface area contributed by atoms with Gasteiger partial charge in [0.1, 0.15) is 10.9 Å². The van der Waals surface area contributed by atoms with Gasteiger partial charge in [-0.3, -0.25) is 5.41 Å². The first-order valence-corrected chi connectivity index (χ1v) is 7.39. The number of nitrogen functional groups attached to an aromatic ring is 1. The Hall–Kier alpha value is -1.85. The number of thiophene rings is 1. The van der Waals surface area contributed by atoms with Crippen LogP contribution in [0.2, 0.25) is 0 Å². The van der Waals surface area contributed by atoms with Crippen LogP contribution in [0, 0.1) is 5.41 Å². The van der Waals surface area contributed by atoms with E-state index in [0.717, 1.165) is 20.1 Å². The number of hydrogen-bond acceptors (Lipinski definition) is 4. The first-order chi connectivity index (χ1) is 9.24. The second-order valence-electron chi connectivity index (χ2n) is 3.98. The van der Waals surface area contributed by atoms with Gasteiger partial charge in [0, 0.05) is 10.9 Å². The number of fused-ring (bicyclic) bond motifs is 1. The summed E-state index contributed by atoms with van der Waals surface area (Å²) >= 11 is 3.21. The van der Waals surface area contributed by atoms with E-state index in [1.807, 2.05) is 47.8 Å². The fourth-order valence-electron chi connectivity index (χ4n) is 1.79. The molecule has 0 atom stereocenters. The maximum atomic E-state index is 7.71. The summed E-state index contributed by atoms with van der Waals surface area (Å²) in [7, 11) is 0. The molecule has 0 amide bonds. The number of rotatable bonds is 3. The third-order valence-electron chi connectivity index (χ3n) is 2.67. The largest absolute Gasteiger partial charge is 0.384 e. The molecule has 0 spiro atoms. The van der Waals surface area contributed by atoms with Gasteiger partial charge in [-0.25, -0.2) is 4.98 Å². The Kier molecular flexibility index (Phi) is 3.23. The van der Waals surface area contributed by atoms with Gasteiger partial charge in [-0.1, -0.05) is 36.0 Å². The van der Waals surface area contributed by atoms with Gasteiger partial charge in [0.2, 0.25) is 0 Å². The Morgan fingerprint density at radius 3 is 2.79 bits per heavy atom. The van der Waals surface area contributed by atoms with Crippen molar-refractivity contribution in [3.63, 3.8) is 0 Å². The molecule has 1 aromatic carbocycles. The number of nitrogens with one attached hydrogen (secondary N) is 1. The van der Waals surface area contributed by atoms with Crippen molar-refractivity contribution in [2.24, 2.45) is 5.73 Å². The molecule has 3 rings (SSSR count). The number of hydrogen-bond donors (Lipinski definition) is 2. The average Bonchev–Trinajstić information content (AvgIpc) is 2.90. The van der Waals surface area contributed by atoms with Crippen LogP contribution in [0.25, 0.3) is 10.9 Å². The van der Waals surface area contributed by atoms with Crippen LogP contribution >= 0.6 is 23.1 Å². The topological polar surface area (TPSA) is 62.8 Å². The summed E-state index contributed by atoms with van der Waals surface area (Å²) in [4.78, 5) is 4.62. The monoisotopic (exact) mass is 285 g/mol. The molecule has 3 nitrogen and oxygen atoms in total. The summed E-state index contributed by atoms with van der Waals surface area (Å²) in [5.74, 6) is 0.0531. The lowest BCUT2D eigenvalue weighted by Crippen LogP contribution is -2.13. The van der Waals surface area contributed by atoms with Crippen molar-refractivity contribution in [2.75, 3.05) is 0 Å². The molecular formula is C14H11N3S2. The summed E-state index contributed by atoms with van der Waals surface area (Å²) in [6, 6.07) is 13.8. The van der Waals surface area contributed by atoms with Crippen molar-refractivity contribution in [1.29, 1.82) is 5.41 Å². The highest BCUT2D eigenvalue weighted by atomic mass is 32.2. The van der Waals surface area contributed by atoms with Gasteiger partial charge in [-0.2, -0.15) is 0 Å². The Bertz CT molecular complexity index is 736. The van der Waals surface area contributed by atoms with Gasteiger partial charge in [0.25, 0.3) is 0 Å². The molecule has 3 aromatic rings.